The Hall–Kier alpha value is -1.75. The van der Waals surface area contributed by atoms with Gasteiger partial charge >= 0.3 is 0 Å². The summed E-state index contributed by atoms with van der Waals surface area (Å²) in [5.41, 5.74) is 1.29. The van der Waals surface area contributed by atoms with E-state index in [4.69, 9.17) is 0 Å². The molecule has 2 rings (SSSR count). The molecule has 0 fully saturated rings. The number of hydrogen-bond donors (Lipinski definition) is 1. The first-order valence-electron chi connectivity index (χ1n) is 5.29. The van der Waals surface area contributed by atoms with Crippen molar-refractivity contribution >= 4 is 0 Å². The fourth-order valence-corrected chi connectivity index (χ4v) is 1.45. The van der Waals surface area contributed by atoms with Crippen molar-refractivity contribution in [3.8, 4) is 0 Å². The van der Waals surface area contributed by atoms with Gasteiger partial charge < -0.3 is 5.32 Å². The molecule has 0 saturated carbocycles. The minimum absolute atomic E-state index is 0.714. The van der Waals surface area contributed by atoms with E-state index in [2.05, 4.69) is 20.4 Å². The highest BCUT2D eigenvalue weighted by Crippen LogP contribution is 1.96. The van der Waals surface area contributed by atoms with Gasteiger partial charge in [0, 0.05) is 19.4 Å². The van der Waals surface area contributed by atoms with Crippen LogP contribution in [0.2, 0.25) is 0 Å². The van der Waals surface area contributed by atoms with Crippen LogP contribution in [-0.2, 0) is 20.0 Å². The lowest BCUT2D eigenvalue weighted by Gasteiger charge is -2.01. The number of pyridine rings is 1. The predicted octanol–water partition coefficient (Wildman–Crippen LogP) is 0.542. The van der Waals surface area contributed by atoms with Gasteiger partial charge in [0.25, 0.3) is 0 Å². The number of hydrogen-bond acceptors (Lipinski definition) is 4. The average molecular weight is 217 g/mol. The molecule has 0 radical (unpaired) electrons. The number of nitrogens with zero attached hydrogens (tertiary/aromatic N) is 4. The molecule has 0 aliphatic heterocycles. The lowest BCUT2D eigenvalue weighted by molar-refractivity contribution is 0.647. The molecule has 0 aliphatic rings. The fraction of sp³-hybridized carbons (Fsp3) is 0.364. The number of aryl methyl sites for hydroxylation is 1. The first kappa shape index (κ1) is 10.8. The van der Waals surface area contributed by atoms with Crippen molar-refractivity contribution in [1.82, 2.24) is 25.1 Å². The van der Waals surface area contributed by atoms with Gasteiger partial charge in [0.2, 0.25) is 0 Å². The second-order valence-corrected chi connectivity index (χ2v) is 3.62. The smallest absolute Gasteiger partial charge is 0.164 e. The van der Waals surface area contributed by atoms with E-state index in [0.717, 1.165) is 18.8 Å². The van der Waals surface area contributed by atoms with Gasteiger partial charge in [0.05, 0.1) is 6.54 Å². The van der Waals surface area contributed by atoms with Gasteiger partial charge in [-0.05, 0) is 30.7 Å². The summed E-state index contributed by atoms with van der Waals surface area (Å²) in [7, 11) is 1.87. The third-order valence-electron chi connectivity index (χ3n) is 2.27. The summed E-state index contributed by atoms with van der Waals surface area (Å²) in [5.74, 6) is 0.831. The predicted molar refractivity (Wildman–Crippen MR) is 60.7 cm³/mol. The molecule has 2 heterocycles. The summed E-state index contributed by atoms with van der Waals surface area (Å²) < 4.78 is 1.71. The molecular weight excluding hydrogens is 202 g/mol. The van der Waals surface area contributed by atoms with Crippen LogP contribution in [0.25, 0.3) is 0 Å². The number of rotatable bonds is 5. The lowest BCUT2D eigenvalue weighted by atomic mass is 10.2. The van der Waals surface area contributed by atoms with Gasteiger partial charge in [-0.3, -0.25) is 9.67 Å². The maximum atomic E-state index is 4.19. The monoisotopic (exact) mass is 217 g/mol. The molecule has 0 aliphatic carbocycles. The van der Waals surface area contributed by atoms with E-state index in [0.29, 0.717) is 6.54 Å². The van der Waals surface area contributed by atoms with Crippen LogP contribution in [0.15, 0.2) is 30.9 Å². The van der Waals surface area contributed by atoms with Crippen LogP contribution in [0.4, 0.5) is 0 Å². The maximum Gasteiger partial charge on any atom is 0.164 e. The van der Waals surface area contributed by atoms with Gasteiger partial charge in [-0.15, -0.1) is 0 Å². The van der Waals surface area contributed by atoms with Crippen molar-refractivity contribution in [2.75, 3.05) is 6.54 Å². The Morgan fingerprint density at radius 3 is 2.81 bits per heavy atom. The summed E-state index contributed by atoms with van der Waals surface area (Å²) in [6.45, 7) is 1.63. The second-order valence-electron chi connectivity index (χ2n) is 3.62. The molecule has 2 aromatic rings. The van der Waals surface area contributed by atoms with Gasteiger partial charge in [0.1, 0.15) is 6.33 Å². The van der Waals surface area contributed by atoms with E-state index in [1.165, 1.54) is 5.56 Å². The minimum Gasteiger partial charge on any atom is -0.309 e. The van der Waals surface area contributed by atoms with Gasteiger partial charge in [0.15, 0.2) is 5.82 Å². The van der Waals surface area contributed by atoms with Crippen molar-refractivity contribution in [2.24, 2.45) is 7.05 Å². The Morgan fingerprint density at radius 2 is 2.12 bits per heavy atom. The molecular formula is C11H15N5. The summed E-state index contributed by atoms with van der Waals surface area (Å²) in [4.78, 5) is 8.12. The largest absolute Gasteiger partial charge is 0.309 e. The molecule has 0 spiro atoms. The lowest BCUT2D eigenvalue weighted by Crippen LogP contribution is -2.17. The van der Waals surface area contributed by atoms with E-state index >= 15 is 0 Å². The van der Waals surface area contributed by atoms with E-state index in [9.17, 15) is 0 Å². The second kappa shape index (κ2) is 5.37. The highest BCUT2D eigenvalue weighted by Gasteiger charge is 1.97. The Kier molecular flexibility index (Phi) is 3.61. The molecule has 0 atom stereocenters. The fourth-order valence-electron chi connectivity index (χ4n) is 1.45. The average Bonchev–Trinajstić information content (AvgIpc) is 2.72. The molecule has 0 bridgehead atoms. The summed E-state index contributed by atoms with van der Waals surface area (Å²) in [6.07, 6.45) is 6.33. The van der Waals surface area contributed by atoms with Gasteiger partial charge in [-0.2, -0.15) is 5.10 Å². The summed E-state index contributed by atoms with van der Waals surface area (Å²) in [5, 5.41) is 7.49. The quantitative estimate of drug-likeness (QED) is 0.743. The highest BCUT2D eigenvalue weighted by atomic mass is 15.3. The van der Waals surface area contributed by atoms with Crippen molar-refractivity contribution in [1.29, 1.82) is 0 Å². The Bertz CT molecular complexity index is 423. The van der Waals surface area contributed by atoms with E-state index in [1.807, 2.05) is 31.6 Å². The van der Waals surface area contributed by atoms with Crippen molar-refractivity contribution < 1.29 is 0 Å². The van der Waals surface area contributed by atoms with E-state index < -0.39 is 0 Å². The molecule has 5 nitrogen and oxygen atoms in total. The SMILES string of the molecule is Cn1cnc(CNCCc2ccncc2)n1. The van der Waals surface area contributed by atoms with Crippen molar-refractivity contribution in [3.05, 3.63) is 42.2 Å². The zero-order chi connectivity index (χ0) is 11.2. The Balaban J connectivity index is 1.69. The zero-order valence-corrected chi connectivity index (χ0v) is 9.30. The van der Waals surface area contributed by atoms with Crippen molar-refractivity contribution in [3.63, 3.8) is 0 Å². The molecule has 5 heteroatoms. The molecule has 16 heavy (non-hydrogen) atoms. The van der Waals surface area contributed by atoms with Crippen LogP contribution in [0.3, 0.4) is 0 Å². The Morgan fingerprint density at radius 1 is 1.31 bits per heavy atom. The van der Waals surface area contributed by atoms with Crippen LogP contribution >= 0.6 is 0 Å². The minimum atomic E-state index is 0.714. The zero-order valence-electron chi connectivity index (χ0n) is 9.30. The van der Waals surface area contributed by atoms with Crippen molar-refractivity contribution in [2.45, 2.75) is 13.0 Å². The molecule has 0 amide bonds. The van der Waals surface area contributed by atoms with Crippen LogP contribution in [0, 0.1) is 0 Å². The van der Waals surface area contributed by atoms with Gasteiger partial charge in [-0.25, -0.2) is 4.98 Å². The third-order valence-corrected chi connectivity index (χ3v) is 2.27. The normalized spacial score (nSPS) is 10.6. The number of aromatic nitrogens is 4. The maximum absolute atomic E-state index is 4.19. The topological polar surface area (TPSA) is 55.6 Å². The molecule has 2 aromatic heterocycles. The molecule has 0 unspecified atom stereocenters. The molecule has 1 N–H and O–H groups in total. The van der Waals surface area contributed by atoms with E-state index in [1.54, 1.807) is 11.0 Å². The first-order valence-corrected chi connectivity index (χ1v) is 5.29. The molecule has 0 saturated heterocycles. The van der Waals surface area contributed by atoms with E-state index in [-0.39, 0.29) is 0 Å². The third kappa shape index (κ3) is 3.13. The highest BCUT2D eigenvalue weighted by molar-refractivity contribution is 5.09. The number of nitrogens with one attached hydrogen (secondary N) is 1. The van der Waals surface area contributed by atoms with Gasteiger partial charge in [-0.1, -0.05) is 0 Å². The first-order chi connectivity index (χ1) is 7.84. The molecule has 84 valence electrons. The van der Waals surface area contributed by atoms with Crippen LogP contribution in [-0.4, -0.2) is 26.3 Å². The molecule has 0 aromatic carbocycles. The van der Waals surface area contributed by atoms with Crippen LogP contribution in [0.1, 0.15) is 11.4 Å². The summed E-state index contributed by atoms with van der Waals surface area (Å²) >= 11 is 0. The Labute approximate surface area is 94.5 Å². The standard InChI is InChI=1S/C11H15N5/c1-16-9-14-11(15-16)8-13-7-4-10-2-5-12-6-3-10/h2-3,5-6,9,13H,4,7-8H2,1H3. The summed E-state index contributed by atoms with van der Waals surface area (Å²) in [6, 6.07) is 4.06. The van der Waals surface area contributed by atoms with Crippen LogP contribution in [0.5, 0.6) is 0 Å². The van der Waals surface area contributed by atoms with Crippen LogP contribution < -0.4 is 5.32 Å².